The zero-order valence-electron chi connectivity index (χ0n) is 13.5. The number of anilines is 2. The van der Waals surface area contributed by atoms with Gasteiger partial charge < -0.3 is 14.2 Å². The monoisotopic (exact) mass is 426 g/mol. The molecule has 10 heteroatoms. The molecule has 1 aliphatic rings. The van der Waals surface area contributed by atoms with Gasteiger partial charge in [-0.05, 0) is 28.1 Å². The molecule has 0 radical (unpaired) electrons. The molecular weight excluding hydrogens is 413 g/mol. The molecule has 0 bridgehead atoms. The SMILES string of the molecule is FC(F)(F)c1cn2ccnc(N3CCN(c4ccc(Br)cn4)CC3)c2n1. The molecule has 0 amide bonds. The summed E-state index contributed by atoms with van der Waals surface area (Å²) in [6.07, 6.45) is 1.22. The van der Waals surface area contributed by atoms with E-state index in [1.807, 2.05) is 17.0 Å². The van der Waals surface area contributed by atoms with Crippen molar-refractivity contribution in [1.29, 1.82) is 0 Å². The molecule has 1 aliphatic heterocycles. The van der Waals surface area contributed by atoms with Crippen molar-refractivity contribution in [2.45, 2.75) is 6.18 Å². The minimum Gasteiger partial charge on any atom is -0.353 e. The number of alkyl halides is 3. The van der Waals surface area contributed by atoms with Gasteiger partial charge in [-0.25, -0.2) is 15.0 Å². The lowest BCUT2D eigenvalue weighted by atomic mass is 10.3. The third-order valence-electron chi connectivity index (χ3n) is 4.26. The molecule has 0 unspecified atom stereocenters. The first-order valence-electron chi connectivity index (χ1n) is 7.94. The summed E-state index contributed by atoms with van der Waals surface area (Å²) < 4.78 is 41.1. The fourth-order valence-electron chi connectivity index (χ4n) is 2.97. The van der Waals surface area contributed by atoms with E-state index < -0.39 is 11.9 Å². The third kappa shape index (κ3) is 3.20. The third-order valence-corrected chi connectivity index (χ3v) is 4.73. The van der Waals surface area contributed by atoms with E-state index in [1.54, 1.807) is 6.20 Å². The maximum Gasteiger partial charge on any atom is 0.434 e. The highest BCUT2D eigenvalue weighted by molar-refractivity contribution is 9.10. The number of hydrogen-bond donors (Lipinski definition) is 0. The van der Waals surface area contributed by atoms with Gasteiger partial charge in [0.2, 0.25) is 0 Å². The van der Waals surface area contributed by atoms with E-state index in [-0.39, 0.29) is 5.65 Å². The summed E-state index contributed by atoms with van der Waals surface area (Å²) in [5.41, 5.74) is -0.695. The molecule has 4 heterocycles. The molecule has 1 saturated heterocycles. The number of halogens is 4. The van der Waals surface area contributed by atoms with Crippen molar-refractivity contribution in [2.24, 2.45) is 0 Å². The lowest BCUT2D eigenvalue weighted by Gasteiger charge is -2.36. The first-order chi connectivity index (χ1) is 12.4. The Morgan fingerprint density at radius 1 is 1.00 bits per heavy atom. The van der Waals surface area contributed by atoms with Gasteiger partial charge in [0.15, 0.2) is 17.2 Å². The van der Waals surface area contributed by atoms with Gasteiger partial charge in [-0.3, -0.25) is 0 Å². The first-order valence-corrected chi connectivity index (χ1v) is 8.73. The molecule has 0 spiro atoms. The van der Waals surface area contributed by atoms with Crippen LogP contribution >= 0.6 is 15.9 Å². The summed E-state index contributed by atoms with van der Waals surface area (Å²) in [5, 5.41) is 0. The van der Waals surface area contributed by atoms with E-state index in [0.29, 0.717) is 32.0 Å². The van der Waals surface area contributed by atoms with Crippen molar-refractivity contribution in [3.8, 4) is 0 Å². The lowest BCUT2D eigenvalue weighted by Crippen LogP contribution is -2.47. The second-order valence-electron chi connectivity index (χ2n) is 5.91. The van der Waals surface area contributed by atoms with Crippen LogP contribution in [0, 0.1) is 0 Å². The summed E-state index contributed by atoms with van der Waals surface area (Å²) in [6, 6.07) is 3.86. The molecule has 0 saturated carbocycles. The maximum absolute atomic E-state index is 12.9. The lowest BCUT2D eigenvalue weighted by molar-refractivity contribution is -0.140. The highest BCUT2D eigenvalue weighted by Crippen LogP contribution is 2.30. The highest BCUT2D eigenvalue weighted by Gasteiger charge is 2.34. The van der Waals surface area contributed by atoms with E-state index >= 15 is 0 Å². The van der Waals surface area contributed by atoms with E-state index in [4.69, 9.17) is 0 Å². The second kappa shape index (κ2) is 6.42. The van der Waals surface area contributed by atoms with Crippen molar-refractivity contribution in [3.05, 3.63) is 47.1 Å². The maximum atomic E-state index is 12.9. The number of pyridine rings is 1. The molecule has 136 valence electrons. The smallest absolute Gasteiger partial charge is 0.353 e. The number of piperazine rings is 1. The van der Waals surface area contributed by atoms with Gasteiger partial charge in [-0.1, -0.05) is 0 Å². The summed E-state index contributed by atoms with van der Waals surface area (Å²) in [5.74, 6) is 1.34. The molecule has 26 heavy (non-hydrogen) atoms. The number of rotatable bonds is 2. The van der Waals surface area contributed by atoms with Crippen LogP contribution in [0.25, 0.3) is 5.65 Å². The fraction of sp³-hybridized carbons (Fsp3) is 0.312. The average Bonchev–Trinajstić information content (AvgIpc) is 3.07. The number of hydrogen-bond acceptors (Lipinski definition) is 5. The molecule has 4 rings (SSSR count). The number of nitrogens with zero attached hydrogens (tertiary/aromatic N) is 6. The number of aromatic nitrogens is 4. The molecule has 0 aromatic carbocycles. The Morgan fingerprint density at radius 3 is 2.38 bits per heavy atom. The van der Waals surface area contributed by atoms with Gasteiger partial charge in [0.25, 0.3) is 0 Å². The zero-order chi connectivity index (χ0) is 18.3. The Bertz CT molecular complexity index is 916. The van der Waals surface area contributed by atoms with Crippen LogP contribution in [-0.2, 0) is 6.18 Å². The Balaban J connectivity index is 1.56. The minimum atomic E-state index is -4.48. The summed E-state index contributed by atoms with van der Waals surface area (Å²) in [7, 11) is 0. The zero-order valence-corrected chi connectivity index (χ0v) is 15.1. The van der Waals surface area contributed by atoms with E-state index in [9.17, 15) is 13.2 Å². The molecule has 3 aromatic rings. The molecule has 0 N–H and O–H groups in total. The van der Waals surface area contributed by atoms with Crippen molar-refractivity contribution in [2.75, 3.05) is 36.0 Å². The molecule has 3 aromatic heterocycles. The van der Waals surface area contributed by atoms with Crippen LogP contribution in [0.3, 0.4) is 0 Å². The van der Waals surface area contributed by atoms with Crippen molar-refractivity contribution in [1.82, 2.24) is 19.4 Å². The van der Waals surface area contributed by atoms with Crippen LogP contribution in [0.1, 0.15) is 5.69 Å². The van der Waals surface area contributed by atoms with Crippen LogP contribution in [-0.4, -0.2) is 45.5 Å². The predicted octanol–water partition coefficient (Wildman–Crippen LogP) is 3.23. The standard InChI is InChI=1S/C16H14BrF3N6/c17-11-1-2-13(22-9-11)24-5-7-25(8-6-24)14-15-23-12(16(18,19)20)10-26(15)4-3-21-14/h1-4,9-10H,5-8H2. The van der Waals surface area contributed by atoms with Gasteiger partial charge in [-0.15, -0.1) is 0 Å². The Kier molecular flexibility index (Phi) is 4.22. The van der Waals surface area contributed by atoms with Gasteiger partial charge >= 0.3 is 6.18 Å². The Labute approximate surface area is 155 Å². The van der Waals surface area contributed by atoms with Crippen LogP contribution in [0.5, 0.6) is 0 Å². The first kappa shape index (κ1) is 17.1. The topological polar surface area (TPSA) is 49.6 Å². The minimum absolute atomic E-state index is 0.218. The molecule has 6 nitrogen and oxygen atoms in total. The summed E-state index contributed by atoms with van der Waals surface area (Å²) in [6.45, 7) is 2.64. The fourth-order valence-corrected chi connectivity index (χ4v) is 3.20. The quantitative estimate of drug-likeness (QED) is 0.629. The van der Waals surface area contributed by atoms with Crippen LogP contribution in [0.15, 0.2) is 41.4 Å². The van der Waals surface area contributed by atoms with Crippen molar-refractivity contribution >= 4 is 33.2 Å². The van der Waals surface area contributed by atoms with Gasteiger partial charge in [0.1, 0.15) is 5.82 Å². The van der Waals surface area contributed by atoms with Crippen LogP contribution < -0.4 is 9.80 Å². The predicted molar refractivity (Wildman–Crippen MR) is 94.4 cm³/mol. The molecule has 1 fully saturated rings. The Hall–Kier alpha value is -2.36. The van der Waals surface area contributed by atoms with Gasteiger partial charge in [0, 0.05) is 55.4 Å². The number of imidazole rings is 1. The van der Waals surface area contributed by atoms with E-state index in [1.165, 1.54) is 16.8 Å². The average molecular weight is 427 g/mol. The number of fused-ring (bicyclic) bond motifs is 1. The highest BCUT2D eigenvalue weighted by atomic mass is 79.9. The summed E-state index contributed by atoms with van der Waals surface area (Å²) in [4.78, 5) is 16.5. The normalized spacial score (nSPS) is 15.7. The second-order valence-corrected chi connectivity index (χ2v) is 6.83. The Morgan fingerprint density at radius 2 is 1.73 bits per heavy atom. The van der Waals surface area contributed by atoms with E-state index in [2.05, 4.69) is 35.8 Å². The molecule has 0 atom stereocenters. The van der Waals surface area contributed by atoms with Crippen LogP contribution in [0.2, 0.25) is 0 Å². The largest absolute Gasteiger partial charge is 0.434 e. The molecule has 0 aliphatic carbocycles. The van der Waals surface area contributed by atoms with Crippen molar-refractivity contribution < 1.29 is 13.2 Å². The van der Waals surface area contributed by atoms with Gasteiger partial charge in [0.05, 0.1) is 0 Å². The van der Waals surface area contributed by atoms with Crippen LogP contribution in [0.4, 0.5) is 24.8 Å². The van der Waals surface area contributed by atoms with Gasteiger partial charge in [-0.2, -0.15) is 13.2 Å². The molecular formula is C16H14BrF3N6. The van der Waals surface area contributed by atoms with Crippen molar-refractivity contribution in [3.63, 3.8) is 0 Å². The summed E-state index contributed by atoms with van der Waals surface area (Å²) >= 11 is 3.36. The van der Waals surface area contributed by atoms with E-state index in [0.717, 1.165) is 16.5 Å².